The number of esters is 1. The molecule has 2 amide bonds. The van der Waals surface area contributed by atoms with Crippen molar-refractivity contribution in [2.45, 2.75) is 64.9 Å². The Balaban J connectivity index is 1.32. The molecule has 0 aromatic heterocycles. The van der Waals surface area contributed by atoms with E-state index in [4.69, 9.17) is 27.9 Å². The molecule has 2 saturated heterocycles. The summed E-state index contributed by atoms with van der Waals surface area (Å²) in [5, 5.41) is 0.830. The summed E-state index contributed by atoms with van der Waals surface area (Å²) in [7, 11) is 0. The van der Waals surface area contributed by atoms with E-state index in [-0.39, 0.29) is 23.5 Å². The van der Waals surface area contributed by atoms with Crippen LogP contribution in [0.1, 0.15) is 58.4 Å². The SMILES string of the molecule is CC(=O)OC(C)(C)C(=O)N1CCC(C(=O)N(CCCN2CCC(Cc3ccc(F)cc3)CC2)c2ccc(Cl)c(Cl)c2)CC1. The van der Waals surface area contributed by atoms with Crippen LogP contribution in [0.3, 0.4) is 0 Å². The monoisotopic (exact) mass is 633 g/mol. The molecule has 2 aromatic rings. The zero-order valence-electron chi connectivity index (χ0n) is 25.3. The minimum atomic E-state index is -1.25. The fourth-order valence-electron chi connectivity index (χ4n) is 6.17. The molecule has 2 aromatic carbocycles. The van der Waals surface area contributed by atoms with E-state index in [0.717, 1.165) is 45.3 Å². The topological polar surface area (TPSA) is 70.2 Å². The minimum absolute atomic E-state index is 0.0164. The molecule has 234 valence electrons. The van der Waals surface area contributed by atoms with Crippen LogP contribution in [0.2, 0.25) is 10.0 Å². The molecule has 0 radical (unpaired) electrons. The van der Waals surface area contributed by atoms with Crippen molar-refractivity contribution in [1.82, 2.24) is 9.80 Å². The summed E-state index contributed by atoms with van der Waals surface area (Å²) in [5.74, 6) is -0.590. The van der Waals surface area contributed by atoms with E-state index in [0.29, 0.717) is 54.1 Å². The molecule has 4 rings (SSSR count). The first-order valence-corrected chi connectivity index (χ1v) is 15.9. The number of nitrogens with zero attached hydrogens (tertiary/aromatic N) is 3. The smallest absolute Gasteiger partial charge is 0.303 e. The largest absolute Gasteiger partial charge is 0.450 e. The van der Waals surface area contributed by atoms with Gasteiger partial charge in [0.05, 0.1) is 10.0 Å². The zero-order valence-corrected chi connectivity index (χ0v) is 26.8. The molecule has 0 unspecified atom stereocenters. The second-order valence-corrected chi connectivity index (χ2v) is 13.0. The van der Waals surface area contributed by atoms with Crippen molar-refractivity contribution in [3.63, 3.8) is 0 Å². The van der Waals surface area contributed by atoms with Crippen molar-refractivity contribution in [1.29, 1.82) is 0 Å². The van der Waals surface area contributed by atoms with E-state index in [1.54, 1.807) is 30.9 Å². The summed E-state index contributed by atoms with van der Waals surface area (Å²) < 4.78 is 18.5. The van der Waals surface area contributed by atoms with Gasteiger partial charge in [-0.2, -0.15) is 0 Å². The summed E-state index contributed by atoms with van der Waals surface area (Å²) in [5.41, 5.74) is 0.648. The quantitative estimate of drug-likeness (QED) is 0.284. The number of benzene rings is 2. The van der Waals surface area contributed by atoms with E-state index in [1.807, 2.05) is 23.1 Å². The Labute approximate surface area is 264 Å². The molecular weight excluding hydrogens is 592 g/mol. The van der Waals surface area contributed by atoms with Crippen LogP contribution in [0.15, 0.2) is 42.5 Å². The van der Waals surface area contributed by atoms with E-state index in [1.165, 1.54) is 24.6 Å². The third kappa shape index (κ3) is 9.16. The maximum Gasteiger partial charge on any atom is 0.303 e. The lowest BCUT2D eigenvalue weighted by Crippen LogP contribution is -2.52. The molecule has 2 aliphatic rings. The Kier molecular flexibility index (Phi) is 11.5. The number of carbonyl (C=O) groups excluding carboxylic acids is 3. The van der Waals surface area contributed by atoms with Gasteiger partial charge in [-0.25, -0.2) is 4.39 Å². The van der Waals surface area contributed by atoms with E-state index >= 15 is 0 Å². The predicted octanol–water partition coefficient (Wildman–Crippen LogP) is 6.39. The molecule has 0 saturated carbocycles. The third-order valence-electron chi connectivity index (χ3n) is 8.53. The van der Waals surface area contributed by atoms with E-state index in [9.17, 15) is 18.8 Å². The predicted molar refractivity (Wildman–Crippen MR) is 168 cm³/mol. The fourth-order valence-corrected chi connectivity index (χ4v) is 6.47. The molecule has 2 heterocycles. The highest BCUT2D eigenvalue weighted by molar-refractivity contribution is 6.42. The number of piperidine rings is 2. The number of halogens is 3. The van der Waals surface area contributed by atoms with Crippen molar-refractivity contribution >= 4 is 46.7 Å². The number of hydrogen-bond donors (Lipinski definition) is 0. The summed E-state index contributed by atoms with van der Waals surface area (Å²) in [6, 6.07) is 12.1. The van der Waals surface area contributed by atoms with Gasteiger partial charge in [0.1, 0.15) is 5.82 Å². The van der Waals surface area contributed by atoms with Crippen molar-refractivity contribution in [3.05, 3.63) is 63.9 Å². The van der Waals surface area contributed by atoms with Crippen LogP contribution >= 0.6 is 23.2 Å². The Hall–Kier alpha value is -2.68. The van der Waals surface area contributed by atoms with E-state index < -0.39 is 11.6 Å². The number of likely N-dealkylation sites (tertiary alicyclic amines) is 2. The first kappa shape index (κ1) is 33.2. The van der Waals surface area contributed by atoms with Gasteiger partial charge in [-0.05, 0) is 114 Å². The molecule has 2 aliphatic heterocycles. The highest BCUT2D eigenvalue weighted by Gasteiger charge is 2.38. The molecule has 10 heteroatoms. The Morgan fingerprint density at radius 3 is 2.21 bits per heavy atom. The van der Waals surface area contributed by atoms with Crippen LogP contribution in [0.5, 0.6) is 0 Å². The maximum atomic E-state index is 13.9. The first-order chi connectivity index (χ1) is 20.4. The molecular formula is C33H42Cl2FN3O4. The molecule has 0 bridgehead atoms. The number of carbonyl (C=O) groups is 3. The Morgan fingerprint density at radius 1 is 0.953 bits per heavy atom. The van der Waals surface area contributed by atoms with Gasteiger partial charge in [0.15, 0.2) is 5.60 Å². The van der Waals surface area contributed by atoms with E-state index in [2.05, 4.69) is 4.90 Å². The number of amides is 2. The standard InChI is InChI=1S/C33H42Cl2FN3O4/c1-23(40)43-33(2,3)32(42)38-19-13-26(14-20-38)31(41)39(28-9-10-29(34)30(35)22-28)16-4-15-37-17-11-25(12-18-37)21-24-5-7-27(36)8-6-24/h5-10,22,25-26H,4,11-21H2,1-3H3. The first-order valence-electron chi connectivity index (χ1n) is 15.1. The third-order valence-corrected chi connectivity index (χ3v) is 9.27. The number of rotatable bonds is 10. The van der Waals surface area contributed by atoms with Crippen molar-refractivity contribution in [3.8, 4) is 0 Å². The lowest BCUT2D eigenvalue weighted by Gasteiger charge is -2.37. The van der Waals surface area contributed by atoms with Crippen LogP contribution < -0.4 is 4.90 Å². The molecule has 0 atom stereocenters. The van der Waals surface area contributed by atoms with Crippen LogP contribution in [-0.2, 0) is 25.5 Å². The van der Waals surface area contributed by atoms with Gasteiger partial charge in [-0.15, -0.1) is 0 Å². The van der Waals surface area contributed by atoms with Gasteiger partial charge in [0, 0.05) is 38.2 Å². The second kappa shape index (κ2) is 14.9. The number of ether oxygens (including phenoxy) is 1. The van der Waals surface area contributed by atoms with Gasteiger partial charge in [-0.3, -0.25) is 14.4 Å². The van der Waals surface area contributed by atoms with Gasteiger partial charge in [0.2, 0.25) is 5.91 Å². The maximum absolute atomic E-state index is 13.9. The summed E-state index contributed by atoms with van der Waals surface area (Å²) in [4.78, 5) is 44.2. The molecule has 0 spiro atoms. The number of anilines is 1. The zero-order chi connectivity index (χ0) is 31.1. The van der Waals surface area contributed by atoms with Gasteiger partial charge in [0.25, 0.3) is 5.91 Å². The fraction of sp³-hybridized carbons (Fsp3) is 0.545. The van der Waals surface area contributed by atoms with Crippen molar-refractivity contribution < 1.29 is 23.5 Å². The molecule has 0 N–H and O–H groups in total. The summed E-state index contributed by atoms with van der Waals surface area (Å²) in [6.45, 7) is 8.74. The van der Waals surface area contributed by atoms with Crippen molar-refractivity contribution in [2.75, 3.05) is 44.2 Å². The van der Waals surface area contributed by atoms with Crippen LogP contribution in [0, 0.1) is 17.7 Å². The summed E-state index contributed by atoms with van der Waals surface area (Å²) in [6.07, 6.45) is 5.03. The average molecular weight is 635 g/mol. The van der Waals surface area contributed by atoms with Gasteiger partial charge in [-0.1, -0.05) is 35.3 Å². The second-order valence-electron chi connectivity index (χ2n) is 12.2. The van der Waals surface area contributed by atoms with Crippen LogP contribution in [0.4, 0.5) is 10.1 Å². The number of hydrogen-bond acceptors (Lipinski definition) is 5. The Bertz CT molecular complexity index is 1270. The molecule has 43 heavy (non-hydrogen) atoms. The van der Waals surface area contributed by atoms with Crippen LogP contribution in [0.25, 0.3) is 0 Å². The lowest BCUT2D eigenvalue weighted by molar-refractivity contribution is -0.169. The highest BCUT2D eigenvalue weighted by Crippen LogP contribution is 2.31. The lowest BCUT2D eigenvalue weighted by atomic mass is 9.90. The van der Waals surface area contributed by atoms with Crippen molar-refractivity contribution in [2.24, 2.45) is 11.8 Å². The normalized spacial score (nSPS) is 17.1. The van der Waals surface area contributed by atoms with Crippen LogP contribution in [-0.4, -0.2) is 72.5 Å². The molecule has 0 aliphatic carbocycles. The van der Waals surface area contributed by atoms with Gasteiger partial charge >= 0.3 is 5.97 Å². The Morgan fingerprint density at radius 2 is 1.60 bits per heavy atom. The highest BCUT2D eigenvalue weighted by atomic mass is 35.5. The minimum Gasteiger partial charge on any atom is -0.450 e. The summed E-state index contributed by atoms with van der Waals surface area (Å²) >= 11 is 12.5. The average Bonchev–Trinajstić information content (AvgIpc) is 2.97. The molecule has 2 fully saturated rings. The van der Waals surface area contributed by atoms with Gasteiger partial charge < -0.3 is 19.4 Å². The molecule has 7 nitrogen and oxygen atoms in total.